The van der Waals surface area contributed by atoms with E-state index in [4.69, 9.17) is 5.73 Å². The Morgan fingerprint density at radius 1 is 1.02 bits per heavy atom. The zero-order valence-corrected chi connectivity index (χ0v) is 28.5. The van der Waals surface area contributed by atoms with Crippen molar-refractivity contribution in [3.05, 3.63) is 51.5 Å². The maximum atomic E-state index is 14.4. The van der Waals surface area contributed by atoms with Gasteiger partial charge >= 0.3 is 12.2 Å². The Balaban J connectivity index is 1.60. The highest BCUT2D eigenvalue weighted by atomic mass is 79.9. The van der Waals surface area contributed by atoms with Crippen LogP contribution in [0, 0.1) is 34.5 Å². The van der Waals surface area contributed by atoms with Crippen LogP contribution in [-0.2, 0) is 15.8 Å². The molecule has 2 aromatic rings. The molecule has 12 nitrogen and oxygen atoms in total. The second kappa shape index (κ2) is 11.8. The molecule has 3 aliphatic rings. The molecule has 2 saturated carbocycles. The van der Waals surface area contributed by atoms with E-state index in [0.29, 0.717) is 0 Å². The number of amides is 3. The normalized spacial score (nSPS) is 35.7. The minimum Gasteiger partial charge on any atom is -0.505 e. The molecule has 16 heteroatoms. The fourth-order valence-corrected chi connectivity index (χ4v) is 9.36. The number of phenolic OH excluding ortho intramolecular Hbond substituents is 1. The van der Waals surface area contributed by atoms with Gasteiger partial charge in [-0.15, -0.1) is 0 Å². The first-order chi connectivity index (χ1) is 22.5. The zero-order valence-electron chi connectivity index (χ0n) is 27.0. The molecule has 3 aliphatic carbocycles. The number of Topliss-reactive ketones (excluding diaryl/α,β-unsaturated/α-hetero) is 2. The summed E-state index contributed by atoms with van der Waals surface area (Å²) < 4.78 is 40.9. The van der Waals surface area contributed by atoms with Gasteiger partial charge in [0.25, 0.3) is 0 Å². The molecule has 266 valence electrons. The lowest BCUT2D eigenvalue weighted by Crippen LogP contribution is -2.83. The van der Waals surface area contributed by atoms with Gasteiger partial charge in [0.2, 0.25) is 5.91 Å². The van der Waals surface area contributed by atoms with Crippen LogP contribution in [0.2, 0.25) is 0 Å². The predicted molar refractivity (Wildman–Crippen MR) is 171 cm³/mol. The number of halogens is 4. The highest BCUT2D eigenvalue weighted by molar-refractivity contribution is 9.10. The van der Waals surface area contributed by atoms with Crippen molar-refractivity contribution in [2.75, 3.05) is 10.6 Å². The molecule has 4 unspecified atom stereocenters. The first-order valence-corrected chi connectivity index (χ1v) is 16.2. The summed E-state index contributed by atoms with van der Waals surface area (Å²) in [4.78, 5) is 53.6. The van der Waals surface area contributed by atoms with Crippen molar-refractivity contribution in [2.24, 2.45) is 40.2 Å². The number of alkyl halides is 3. The average Bonchev–Trinajstić information content (AvgIpc) is 2.98. The third-order valence-corrected chi connectivity index (χ3v) is 11.9. The second-order valence-electron chi connectivity index (χ2n) is 14.0. The fourth-order valence-electron chi connectivity index (χ4n) is 9.00. The highest BCUT2D eigenvalue weighted by Gasteiger charge is 2.80. The van der Waals surface area contributed by atoms with Gasteiger partial charge in [0, 0.05) is 15.3 Å². The van der Waals surface area contributed by atoms with Crippen molar-refractivity contribution in [3.8, 4) is 5.75 Å². The molecular weight excluding hydrogens is 719 g/mol. The standard InChI is InChI=1S/C33H37BrF3N3O9/c1-11(2)20-24(43)19(27(38)46)25(44)32(49)26(45)21-23(42)18-14(12(3)30(21,4)28(47)31(20,32)5)7-9-17(22(18)41)40-29(48)39-16-8-6-13(34)10-15(16)33(35,36)37/h6-12,19-21,24,26,28,41,43,45,47,49H,1-5H3,(H2,38,46)(H2,39,40,48)/t12-,19?,20+,21?,24?,26?,28-,30+,31+,32+/m1/s1. The van der Waals surface area contributed by atoms with E-state index in [1.54, 1.807) is 20.8 Å². The number of urea groups is 1. The molecule has 0 aromatic heterocycles. The van der Waals surface area contributed by atoms with E-state index in [-0.39, 0.29) is 10.0 Å². The van der Waals surface area contributed by atoms with Crippen LogP contribution in [0.15, 0.2) is 34.8 Å². The molecular formula is C33H37BrF3N3O9. The maximum absolute atomic E-state index is 14.4. The number of nitrogens with one attached hydrogen (secondary N) is 2. The van der Waals surface area contributed by atoms with Gasteiger partial charge in [-0.1, -0.05) is 56.6 Å². The molecule has 0 saturated heterocycles. The van der Waals surface area contributed by atoms with Gasteiger partial charge in [0.05, 0.1) is 40.6 Å². The lowest BCUT2D eigenvalue weighted by atomic mass is 9.36. The number of rotatable bonds is 4. The lowest BCUT2D eigenvalue weighted by Gasteiger charge is -2.69. The molecule has 2 aromatic carbocycles. The summed E-state index contributed by atoms with van der Waals surface area (Å²) in [6.45, 7) is 7.65. The number of phenols is 1. The summed E-state index contributed by atoms with van der Waals surface area (Å²) in [5, 5.41) is 63.4. The third kappa shape index (κ3) is 4.93. The van der Waals surface area contributed by atoms with Crippen molar-refractivity contribution in [1.29, 1.82) is 0 Å². The van der Waals surface area contributed by atoms with Crippen molar-refractivity contribution in [2.45, 2.75) is 70.6 Å². The molecule has 10 atom stereocenters. The van der Waals surface area contributed by atoms with Crippen molar-refractivity contribution < 1.29 is 57.9 Å². The summed E-state index contributed by atoms with van der Waals surface area (Å²) in [5.74, 6) is -10.9. The summed E-state index contributed by atoms with van der Waals surface area (Å²) >= 11 is 2.96. The summed E-state index contributed by atoms with van der Waals surface area (Å²) in [5.41, 5.74) is -3.60. The molecule has 49 heavy (non-hydrogen) atoms. The lowest BCUT2D eigenvalue weighted by molar-refractivity contribution is -0.306. The number of primary amides is 1. The molecule has 5 rings (SSSR count). The van der Waals surface area contributed by atoms with E-state index >= 15 is 0 Å². The number of carbonyl (C=O) groups is 4. The Kier molecular flexibility index (Phi) is 8.81. The topological polar surface area (TPSA) is 220 Å². The summed E-state index contributed by atoms with van der Waals surface area (Å²) in [6, 6.07) is 4.41. The van der Waals surface area contributed by atoms with Crippen LogP contribution in [0.1, 0.15) is 62.0 Å². The van der Waals surface area contributed by atoms with E-state index in [0.717, 1.165) is 12.1 Å². The molecule has 0 radical (unpaired) electrons. The summed E-state index contributed by atoms with van der Waals surface area (Å²) in [6.07, 6.45) is -10.6. The Bertz CT molecular complexity index is 1770. The quantitative estimate of drug-likeness (QED) is 0.169. The van der Waals surface area contributed by atoms with E-state index in [1.807, 2.05) is 0 Å². The minimum atomic E-state index is -4.83. The smallest absolute Gasteiger partial charge is 0.418 e. The number of nitrogens with two attached hydrogens (primary N) is 1. The zero-order chi connectivity index (χ0) is 36.9. The van der Waals surface area contributed by atoms with Crippen LogP contribution in [0.25, 0.3) is 0 Å². The number of hydrogen-bond donors (Lipinski definition) is 8. The number of fused-ring (bicyclic) bond motifs is 3. The monoisotopic (exact) mass is 755 g/mol. The van der Waals surface area contributed by atoms with E-state index in [1.165, 1.54) is 32.0 Å². The number of hydrogen-bond acceptors (Lipinski definition) is 9. The van der Waals surface area contributed by atoms with Crippen molar-refractivity contribution >= 4 is 50.8 Å². The molecule has 0 spiro atoms. The SMILES string of the molecule is CC(C)[C@H]1C(O)C(C(N)=O)C(=O)[C@]2(O)C(O)C3C(=O)c4c(ccc(NC(=O)Nc5ccc(Br)cc5C(F)(F)F)c4O)[C@@H](C)[C@]3(C)[C@@H](O)[C@]12C. The molecule has 0 heterocycles. The van der Waals surface area contributed by atoms with Gasteiger partial charge in [0.15, 0.2) is 17.2 Å². The Labute approximate surface area is 287 Å². The number of aromatic hydroxyl groups is 1. The van der Waals surface area contributed by atoms with Crippen LogP contribution in [-0.4, -0.2) is 73.0 Å². The van der Waals surface area contributed by atoms with Crippen molar-refractivity contribution in [1.82, 2.24) is 0 Å². The molecule has 0 aliphatic heterocycles. The van der Waals surface area contributed by atoms with Gasteiger partial charge in [-0.05, 0) is 47.6 Å². The minimum absolute atomic E-state index is 0.105. The molecule has 0 bridgehead atoms. The highest BCUT2D eigenvalue weighted by Crippen LogP contribution is 2.68. The van der Waals surface area contributed by atoms with E-state index < -0.39 is 122 Å². The third-order valence-electron chi connectivity index (χ3n) is 11.4. The first kappa shape index (κ1) is 36.7. The Morgan fingerprint density at radius 3 is 2.14 bits per heavy atom. The van der Waals surface area contributed by atoms with Crippen LogP contribution < -0.4 is 16.4 Å². The number of benzene rings is 2. The second-order valence-corrected chi connectivity index (χ2v) is 14.9. The molecule has 2 fully saturated rings. The first-order valence-electron chi connectivity index (χ1n) is 15.4. The van der Waals surface area contributed by atoms with Gasteiger partial charge in [-0.2, -0.15) is 13.2 Å². The number of carbonyl (C=O) groups excluding carboxylic acids is 4. The molecule has 9 N–H and O–H groups in total. The summed E-state index contributed by atoms with van der Waals surface area (Å²) in [7, 11) is 0. The van der Waals surface area contributed by atoms with Gasteiger partial charge in [-0.3, -0.25) is 14.4 Å². The van der Waals surface area contributed by atoms with Crippen LogP contribution in [0.5, 0.6) is 5.75 Å². The predicted octanol–water partition coefficient (Wildman–Crippen LogP) is 3.53. The maximum Gasteiger partial charge on any atom is 0.418 e. The van der Waals surface area contributed by atoms with Crippen LogP contribution >= 0.6 is 15.9 Å². The number of aliphatic hydroxyl groups excluding tert-OH is 3. The van der Waals surface area contributed by atoms with Crippen molar-refractivity contribution in [3.63, 3.8) is 0 Å². The van der Waals surface area contributed by atoms with Gasteiger partial charge in [-0.25, -0.2) is 4.79 Å². The largest absolute Gasteiger partial charge is 0.505 e. The van der Waals surface area contributed by atoms with E-state index in [9.17, 15) is 57.9 Å². The van der Waals surface area contributed by atoms with Gasteiger partial charge in [0.1, 0.15) is 17.8 Å². The van der Waals surface area contributed by atoms with Crippen LogP contribution in [0.3, 0.4) is 0 Å². The average molecular weight is 757 g/mol. The number of ketones is 2. The Morgan fingerprint density at radius 2 is 1.59 bits per heavy atom. The molecule has 3 amide bonds. The van der Waals surface area contributed by atoms with Crippen LogP contribution in [0.4, 0.5) is 29.3 Å². The van der Waals surface area contributed by atoms with E-state index in [2.05, 4.69) is 26.6 Å². The van der Waals surface area contributed by atoms with Gasteiger partial charge < -0.3 is 41.9 Å². The Hall–Kier alpha value is -3.57. The fraction of sp³-hybridized carbons (Fsp3) is 0.515. The number of anilines is 2. The number of aliphatic hydroxyl groups is 4.